The standard InChI is InChI=1S/C9H20N2OS/c1-11(5-8(10)6-12-2)9-3-4-13-7-9/h8-9H,3-7,10H2,1-2H3. The zero-order chi connectivity index (χ0) is 9.68. The van der Waals surface area contributed by atoms with Crippen LogP contribution in [0.2, 0.25) is 0 Å². The first-order valence-electron chi connectivity index (χ1n) is 4.76. The molecule has 1 aliphatic rings. The molecular formula is C9H20N2OS. The Morgan fingerprint density at radius 1 is 1.69 bits per heavy atom. The van der Waals surface area contributed by atoms with Crippen LogP contribution in [0.3, 0.4) is 0 Å². The Hall–Kier alpha value is 0.230. The van der Waals surface area contributed by atoms with Crippen molar-refractivity contribution < 1.29 is 4.74 Å². The first kappa shape index (κ1) is 11.3. The fourth-order valence-corrected chi connectivity index (χ4v) is 2.95. The number of nitrogens with two attached hydrogens (primary N) is 1. The van der Waals surface area contributed by atoms with Crippen molar-refractivity contribution in [1.29, 1.82) is 0 Å². The van der Waals surface area contributed by atoms with Crippen LogP contribution in [0.15, 0.2) is 0 Å². The van der Waals surface area contributed by atoms with Crippen LogP contribution < -0.4 is 5.73 Å². The Bertz CT molecular complexity index is 140. The Morgan fingerprint density at radius 3 is 3.00 bits per heavy atom. The average molecular weight is 204 g/mol. The van der Waals surface area contributed by atoms with Crippen molar-refractivity contribution in [1.82, 2.24) is 4.90 Å². The Balaban J connectivity index is 2.18. The van der Waals surface area contributed by atoms with Crippen molar-refractivity contribution in [3.63, 3.8) is 0 Å². The van der Waals surface area contributed by atoms with Gasteiger partial charge in [0.25, 0.3) is 0 Å². The Morgan fingerprint density at radius 2 is 2.46 bits per heavy atom. The molecule has 0 aromatic carbocycles. The summed E-state index contributed by atoms with van der Waals surface area (Å²) in [6.45, 7) is 1.60. The summed E-state index contributed by atoms with van der Waals surface area (Å²) in [5, 5.41) is 0. The minimum Gasteiger partial charge on any atom is -0.383 e. The average Bonchev–Trinajstić information content (AvgIpc) is 2.55. The van der Waals surface area contributed by atoms with Crippen LogP contribution in [0.5, 0.6) is 0 Å². The minimum atomic E-state index is 0.153. The van der Waals surface area contributed by atoms with Crippen molar-refractivity contribution in [2.45, 2.75) is 18.5 Å². The maximum absolute atomic E-state index is 5.88. The summed E-state index contributed by atoms with van der Waals surface area (Å²) in [4.78, 5) is 2.36. The zero-order valence-corrected chi connectivity index (χ0v) is 9.35. The third kappa shape index (κ3) is 3.85. The molecular weight excluding hydrogens is 184 g/mol. The molecule has 1 aliphatic heterocycles. The maximum Gasteiger partial charge on any atom is 0.0626 e. The molecule has 2 atom stereocenters. The molecule has 2 N–H and O–H groups in total. The van der Waals surface area contributed by atoms with Crippen LogP contribution in [0, 0.1) is 0 Å². The zero-order valence-electron chi connectivity index (χ0n) is 8.53. The lowest BCUT2D eigenvalue weighted by atomic mass is 10.2. The number of thioether (sulfide) groups is 1. The molecule has 0 aromatic rings. The monoisotopic (exact) mass is 204 g/mol. The van der Waals surface area contributed by atoms with Gasteiger partial charge in [0.15, 0.2) is 0 Å². The maximum atomic E-state index is 5.88. The van der Waals surface area contributed by atoms with Crippen molar-refractivity contribution in [3.8, 4) is 0 Å². The molecule has 0 saturated carbocycles. The SMILES string of the molecule is COCC(N)CN(C)C1CCSC1. The number of methoxy groups -OCH3 is 1. The van der Waals surface area contributed by atoms with E-state index in [1.807, 2.05) is 11.8 Å². The summed E-state index contributed by atoms with van der Waals surface area (Å²) < 4.78 is 5.01. The number of ether oxygens (including phenoxy) is 1. The van der Waals surface area contributed by atoms with E-state index in [2.05, 4.69) is 11.9 Å². The van der Waals surface area contributed by atoms with E-state index in [9.17, 15) is 0 Å². The highest BCUT2D eigenvalue weighted by Crippen LogP contribution is 2.21. The lowest BCUT2D eigenvalue weighted by molar-refractivity contribution is 0.151. The number of hydrogen-bond acceptors (Lipinski definition) is 4. The summed E-state index contributed by atoms with van der Waals surface area (Å²) in [7, 11) is 3.86. The van der Waals surface area contributed by atoms with E-state index in [-0.39, 0.29) is 6.04 Å². The van der Waals surface area contributed by atoms with E-state index in [4.69, 9.17) is 10.5 Å². The van der Waals surface area contributed by atoms with Gasteiger partial charge in [0, 0.05) is 31.5 Å². The fraction of sp³-hybridized carbons (Fsp3) is 1.00. The molecule has 3 nitrogen and oxygen atoms in total. The number of nitrogens with zero attached hydrogens (tertiary/aromatic N) is 1. The second kappa shape index (κ2) is 5.86. The van der Waals surface area contributed by atoms with Gasteiger partial charge in [0.1, 0.15) is 0 Å². The summed E-state index contributed by atoms with van der Waals surface area (Å²) in [6, 6.07) is 0.883. The van der Waals surface area contributed by atoms with E-state index >= 15 is 0 Å². The highest BCUT2D eigenvalue weighted by atomic mass is 32.2. The van der Waals surface area contributed by atoms with Crippen LogP contribution in [-0.2, 0) is 4.74 Å². The molecule has 4 heteroatoms. The molecule has 0 amide bonds. The molecule has 0 spiro atoms. The van der Waals surface area contributed by atoms with Gasteiger partial charge in [-0.1, -0.05) is 0 Å². The summed E-state index contributed by atoms with van der Waals surface area (Å²) in [6.07, 6.45) is 1.31. The third-order valence-corrected chi connectivity index (χ3v) is 3.58. The molecule has 1 saturated heterocycles. The second-order valence-electron chi connectivity index (χ2n) is 3.67. The molecule has 78 valence electrons. The van der Waals surface area contributed by atoms with Gasteiger partial charge in [-0.25, -0.2) is 0 Å². The van der Waals surface area contributed by atoms with Crippen LogP contribution >= 0.6 is 11.8 Å². The first-order valence-corrected chi connectivity index (χ1v) is 5.92. The van der Waals surface area contributed by atoms with Gasteiger partial charge in [-0.15, -0.1) is 0 Å². The van der Waals surface area contributed by atoms with E-state index in [1.165, 1.54) is 17.9 Å². The summed E-state index contributed by atoms with van der Waals surface area (Å²) >= 11 is 2.04. The number of likely N-dealkylation sites (N-methyl/N-ethyl adjacent to an activating group) is 1. The summed E-state index contributed by atoms with van der Waals surface area (Å²) in [5.74, 6) is 2.56. The molecule has 1 fully saturated rings. The highest BCUT2D eigenvalue weighted by molar-refractivity contribution is 7.99. The van der Waals surface area contributed by atoms with Crippen molar-refractivity contribution in [3.05, 3.63) is 0 Å². The largest absolute Gasteiger partial charge is 0.383 e. The molecule has 0 aliphatic carbocycles. The van der Waals surface area contributed by atoms with Gasteiger partial charge in [-0.3, -0.25) is 0 Å². The molecule has 1 rings (SSSR count). The normalized spacial score (nSPS) is 25.4. The van der Waals surface area contributed by atoms with E-state index in [1.54, 1.807) is 7.11 Å². The van der Waals surface area contributed by atoms with Gasteiger partial charge in [-0.05, 0) is 19.2 Å². The minimum absolute atomic E-state index is 0.153. The lowest BCUT2D eigenvalue weighted by Crippen LogP contribution is -2.43. The van der Waals surface area contributed by atoms with Crippen molar-refractivity contribution in [2.24, 2.45) is 5.73 Å². The quantitative estimate of drug-likeness (QED) is 0.703. The van der Waals surface area contributed by atoms with Gasteiger partial charge >= 0.3 is 0 Å². The van der Waals surface area contributed by atoms with Crippen LogP contribution in [0.4, 0.5) is 0 Å². The van der Waals surface area contributed by atoms with Crippen molar-refractivity contribution in [2.75, 3.05) is 38.8 Å². The van der Waals surface area contributed by atoms with Crippen molar-refractivity contribution >= 4 is 11.8 Å². The molecule has 2 unspecified atom stereocenters. The van der Waals surface area contributed by atoms with Crippen LogP contribution in [0.1, 0.15) is 6.42 Å². The predicted molar refractivity (Wildman–Crippen MR) is 58.2 cm³/mol. The Labute approximate surface area is 85.0 Å². The lowest BCUT2D eigenvalue weighted by Gasteiger charge is -2.26. The third-order valence-electron chi connectivity index (χ3n) is 2.43. The van der Waals surface area contributed by atoms with Crippen LogP contribution in [0.25, 0.3) is 0 Å². The van der Waals surface area contributed by atoms with E-state index in [0.29, 0.717) is 6.61 Å². The molecule has 0 radical (unpaired) electrons. The van der Waals surface area contributed by atoms with Gasteiger partial charge in [0.2, 0.25) is 0 Å². The van der Waals surface area contributed by atoms with Gasteiger partial charge < -0.3 is 15.4 Å². The molecule has 13 heavy (non-hydrogen) atoms. The van der Waals surface area contributed by atoms with E-state index < -0.39 is 0 Å². The summed E-state index contributed by atoms with van der Waals surface area (Å²) in [5.41, 5.74) is 5.88. The van der Waals surface area contributed by atoms with Crippen LogP contribution in [-0.4, -0.2) is 55.8 Å². The second-order valence-corrected chi connectivity index (χ2v) is 4.82. The topological polar surface area (TPSA) is 38.5 Å². The number of rotatable bonds is 5. The first-order chi connectivity index (χ1) is 6.24. The van der Waals surface area contributed by atoms with Gasteiger partial charge in [-0.2, -0.15) is 11.8 Å². The van der Waals surface area contributed by atoms with Gasteiger partial charge in [0.05, 0.1) is 6.61 Å². The smallest absolute Gasteiger partial charge is 0.0626 e. The number of hydrogen-bond donors (Lipinski definition) is 1. The predicted octanol–water partition coefficient (Wildman–Crippen LogP) is 0.397. The highest BCUT2D eigenvalue weighted by Gasteiger charge is 2.20. The molecule has 1 heterocycles. The molecule has 0 bridgehead atoms. The fourth-order valence-electron chi connectivity index (χ4n) is 1.66. The Kier molecular flexibility index (Phi) is 5.09. The molecule has 0 aromatic heterocycles. The van der Waals surface area contributed by atoms with E-state index in [0.717, 1.165) is 12.6 Å².